The van der Waals surface area contributed by atoms with Gasteiger partial charge < -0.3 is 9.32 Å². The first kappa shape index (κ1) is 27.8. The highest BCUT2D eigenvalue weighted by Gasteiger charge is 2.15. The molecule has 0 saturated carbocycles. The molecule has 0 aliphatic rings. The summed E-state index contributed by atoms with van der Waals surface area (Å²) in [5.74, 6) is 0.645. The summed E-state index contributed by atoms with van der Waals surface area (Å²) in [5.41, 5.74) is 10.8. The van der Waals surface area contributed by atoms with Crippen LogP contribution in [-0.4, -0.2) is 4.98 Å². The maximum Gasteiger partial charge on any atom is 0.227 e. The molecule has 3 heteroatoms. The maximum atomic E-state index is 6.28. The normalized spacial score (nSPS) is 11.3. The number of rotatable bonds is 6. The first-order chi connectivity index (χ1) is 23.8. The Bertz CT molecular complexity index is 2540. The van der Waals surface area contributed by atoms with Crippen molar-refractivity contribution < 1.29 is 4.42 Å². The maximum absolute atomic E-state index is 6.28. The molecule has 0 spiro atoms. The van der Waals surface area contributed by atoms with Crippen molar-refractivity contribution in [3.63, 3.8) is 0 Å². The van der Waals surface area contributed by atoms with Crippen molar-refractivity contribution in [2.45, 2.75) is 0 Å². The highest BCUT2D eigenvalue weighted by Crippen LogP contribution is 2.38. The van der Waals surface area contributed by atoms with Crippen molar-refractivity contribution in [2.75, 3.05) is 4.90 Å². The van der Waals surface area contributed by atoms with Crippen molar-refractivity contribution in [3.8, 4) is 33.7 Å². The van der Waals surface area contributed by atoms with E-state index in [1.165, 1.54) is 33.0 Å². The van der Waals surface area contributed by atoms with Crippen LogP contribution in [0.15, 0.2) is 186 Å². The minimum atomic E-state index is 0.645. The van der Waals surface area contributed by atoms with Gasteiger partial charge in [0, 0.05) is 28.0 Å². The van der Waals surface area contributed by atoms with Gasteiger partial charge in [-0.3, -0.25) is 0 Å². The van der Waals surface area contributed by atoms with E-state index < -0.39 is 0 Å². The van der Waals surface area contributed by atoms with Crippen molar-refractivity contribution in [1.29, 1.82) is 0 Å². The SMILES string of the molecule is c1ccc(-c2ccc(N(c3ccccc3)c3ccc4cc(-c5ccc6c(ccc7nc(-c8ccccc8)oc76)c5)ccc4c3)cc2)cc1. The molecular weight excluding hydrogens is 585 g/mol. The zero-order valence-electron chi connectivity index (χ0n) is 26.1. The fourth-order valence-corrected chi connectivity index (χ4v) is 6.61. The van der Waals surface area contributed by atoms with E-state index in [2.05, 4.69) is 150 Å². The van der Waals surface area contributed by atoms with Crippen LogP contribution in [0.4, 0.5) is 17.1 Å². The molecule has 226 valence electrons. The summed E-state index contributed by atoms with van der Waals surface area (Å²) < 4.78 is 6.28. The lowest BCUT2D eigenvalue weighted by atomic mass is 9.98. The molecule has 1 aromatic heterocycles. The van der Waals surface area contributed by atoms with Crippen LogP contribution in [0.25, 0.3) is 66.4 Å². The van der Waals surface area contributed by atoms with Gasteiger partial charge in [-0.25, -0.2) is 4.98 Å². The van der Waals surface area contributed by atoms with Gasteiger partial charge >= 0.3 is 0 Å². The quantitative estimate of drug-likeness (QED) is 0.187. The molecule has 9 aromatic rings. The summed E-state index contributed by atoms with van der Waals surface area (Å²) in [7, 11) is 0. The molecule has 1 heterocycles. The van der Waals surface area contributed by atoms with E-state index in [-0.39, 0.29) is 0 Å². The van der Waals surface area contributed by atoms with Crippen LogP contribution in [0, 0.1) is 0 Å². The fraction of sp³-hybridized carbons (Fsp3) is 0. The lowest BCUT2D eigenvalue weighted by molar-refractivity contribution is 0.623. The third kappa shape index (κ3) is 5.08. The second-order valence-corrected chi connectivity index (χ2v) is 12.1. The molecule has 48 heavy (non-hydrogen) atoms. The predicted octanol–water partition coefficient (Wildman–Crippen LogP) is 12.6. The number of oxazole rings is 1. The summed E-state index contributed by atoms with van der Waals surface area (Å²) in [5, 5.41) is 4.58. The Labute approximate surface area is 279 Å². The molecule has 8 aromatic carbocycles. The molecule has 0 unspecified atom stereocenters. The Kier molecular flexibility index (Phi) is 6.80. The monoisotopic (exact) mass is 614 g/mol. The Balaban J connectivity index is 1.06. The third-order valence-electron chi connectivity index (χ3n) is 9.05. The smallest absolute Gasteiger partial charge is 0.227 e. The van der Waals surface area contributed by atoms with Gasteiger partial charge in [-0.1, -0.05) is 109 Å². The predicted molar refractivity (Wildman–Crippen MR) is 200 cm³/mol. The van der Waals surface area contributed by atoms with E-state index in [1.54, 1.807) is 0 Å². The first-order valence-corrected chi connectivity index (χ1v) is 16.2. The van der Waals surface area contributed by atoms with Crippen molar-refractivity contribution in [1.82, 2.24) is 4.98 Å². The highest BCUT2D eigenvalue weighted by molar-refractivity contribution is 6.05. The summed E-state index contributed by atoms with van der Waals surface area (Å²) in [4.78, 5) is 7.07. The average Bonchev–Trinajstić information content (AvgIpc) is 3.61. The second kappa shape index (κ2) is 11.7. The van der Waals surface area contributed by atoms with E-state index >= 15 is 0 Å². The van der Waals surface area contributed by atoms with Crippen LogP contribution in [0.2, 0.25) is 0 Å². The van der Waals surface area contributed by atoms with E-state index in [0.717, 1.165) is 44.5 Å². The molecule has 0 amide bonds. The average molecular weight is 615 g/mol. The van der Waals surface area contributed by atoms with Crippen molar-refractivity contribution in [2.24, 2.45) is 0 Å². The van der Waals surface area contributed by atoms with E-state index in [0.29, 0.717) is 5.89 Å². The second-order valence-electron chi connectivity index (χ2n) is 12.1. The van der Waals surface area contributed by atoms with E-state index in [9.17, 15) is 0 Å². The van der Waals surface area contributed by atoms with Crippen LogP contribution in [0.1, 0.15) is 0 Å². The summed E-state index contributed by atoms with van der Waals surface area (Å²) in [6.45, 7) is 0. The molecule has 0 radical (unpaired) electrons. The van der Waals surface area contributed by atoms with Gasteiger partial charge in [0.2, 0.25) is 5.89 Å². The number of aromatic nitrogens is 1. The van der Waals surface area contributed by atoms with E-state index in [4.69, 9.17) is 9.40 Å². The van der Waals surface area contributed by atoms with Crippen LogP contribution in [-0.2, 0) is 0 Å². The Morgan fingerprint density at radius 3 is 1.65 bits per heavy atom. The number of fused-ring (bicyclic) bond motifs is 4. The molecule has 0 aliphatic carbocycles. The largest absolute Gasteiger partial charge is 0.435 e. The zero-order chi connectivity index (χ0) is 31.9. The van der Waals surface area contributed by atoms with Gasteiger partial charge in [0.25, 0.3) is 0 Å². The lowest BCUT2D eigenvalue weighted by Crippen LogP contribution is -2.09. The molecular formula is C45H30N2O. The van der Waals surface area contributed by atoms with Crippen molar-refractivity contribution >= 4 is 49.7 Å². The van der Waals surface area contributed by atoms with Gasteiger partial charge in [0.15, 0.2) is 5.58 Å². The van der Waals surface area contributed by atoms with Crippen LogP contribution >= 0.6 is 0 Å². The topological polar surface area (TPSA) is 29.3 Å². The fourth-order valence-electron chi connectivity index (χ4n) is 6.61. The number of hydrogen-bond acceptors (Lipinski definition) is 3. The Morgan fingerprint density at radius 1 is 0.375 bits per heavy atom. The van der Waals surface area contributed by atoms with Crippen molar-refractivity contribution in [3.05, 3.63) is 182 Å². The number of benzene rings is 8. The van der Waals surface area contributed by atoms with Gasteiger partial charge in [0.1, 0.15) is 5.52 Å². The molecule has 3 nitrogen and oxygen atoms in total. The third-order valence-corrected chi connectivity index (χ3v) is 9.05. The molecule has 0 N–H and O–H groups in total. The molecule has 0 saturated heterocycles. The van der Waals surface area contributed by atoms with Gasteiger partial charge in [-0.15, -0.1) is 0 Å². The number of anilines is 3. The molecule has 0 fully saturated rings. The van der Waals surface area contributed by atoms with E-state index in [1.807, 2.05) is 36.4 Å². The van der Waals surface area contributed by atoms with Gasteiger partial charge in [0.05, 0.1) is 0 Å². The minimum Gasteiger partial charge on any atom is -0.435 e. The number of para-hydroxylation sites is 1. The first-order valence-electron chi connectivity index (χ1n) is 16.2. The minimum absolute atomic E-state index is 0.645. The molecule has 0 aliphatic heterocycles. The highest BCUT2D eigenvalue weighted by atomic mass is 16.3. The molecule has 0 bridgehead atoms. The van der Waals surface area contributed by atoms with Crippen LogP contribution < -0.4 is 4.90 Å². The standard InChI is InChI=1S/C45H30N2O/c1-4-10-31(11-5-1)32-18-23-40(24-19-32)47(39-14-8-3-9-15-39)41-25-20-35-28-34(16-17-37(35)30-41)36-21-26-42-38(29-36)22-27-43-44(42)48-45(46-43)33-12-6-2-7-13-33/h1-30H. The summed E-state index contributed by atoms with van der Waals surface area (Å²) in [6, 6.07) is 64.2. The van der Waals surface area contributed by atoms with Crippen LogP contribution in [0.5, 0.6) is 0 Å². The van der Waals surface area contributed by atoms with Gasteiger partial charge in [-0.05, 0) is 111 Å². The zero-order valence-corrected chi connectivity index (χ0v) is 26.1. The lowest BCUT2D eigenvalue weighted by Gasteiger charge is -2.26. The van der Waals surface area contributed by atoms with Gasteiger partial charge in [-0.2, -0.15) is 0 Å². The molecule has 9 rings (SSSR count). The number of nitrogens with zero attached hydrogens (tertiary/aromatic N) is 2. The number of hydrogen-bond donors (Lipinski definition) is 0. The Morgan fingerprint density at radius 2 is 0.896 bits per heavy atom. The summed E-state index contributed by atoms with van der Waals surface area (Å²) >= 11 is 0. The van der Waals surface area contributed by atoms with Crippen LogP contribution in [0.3, 0.4) is 0 Å². The summed E-state index contributed by atoms with van der Waals surface area (Å²) in [6.07, 6.45) is 0. The molecule has 0 atom stereocenters. The Hall–Kier alpha value is -6.45.